The maximum absolute atomic E-state index is 12.4. The van der Waals surface area contributed by atoms with E-state index in [1.54, 1.807) is 7.05 Å². The number of anilines is 1. The zero-order valence-electron chi connectivity index (χ0n) is 18.3. The molecule has 0 aliphatic carbocycles. The summed E-state index contributed by atoms with van der Waals surface area (Å²) in [4.78, 5) is 0. The van der Waals surface area contributed by atoms with Crippen LogP contribution in [0.25, 0.3) is 0 Å². The van der Waals surface area contributed by atoms with E-state index in [2.05, 4.69) is 78.9 Å². The summed E-state index contributed by atoms with van der Waals surface area (Å²) in [7, 11) is -3.87. The van der Waals surface area contributed by atoms with E-state index in [4.69, 9.17) is 0 Å². The van der Waals surface area contributed by atoms with E-state index in [1.165, 1.54) is 26.5 Å². The van der Waals surface area contributed by atoms with Gasteiger partial charge < -0.3 is 0 Å². The molecule has 3 nitrogen and oxygen atoms in total. The van der Waals surface area contributed by atoms with E-state index in [9.17, 15) is 8.42 Å². The predicted molar refractivity (Wildman–Crippen MR) is 139 cm³/mol. The number of nitrogens with zero attached hydrogens (tertiary/aromatic N) is 1. The van der Waals surface area contributed by atoms with Crippen molar-refractivity contribution in [1.82, 2.24) is 0 Å². The van der Waals surface area contributed by atoms with Crippen LogP contribution in [0.5, 0.6) is 0 Å². The smallest absolute Gasteiger partial charge is 0.232 e. The van der Waals surface area contributed by atoms with Gasteiger partial charge in [-0.25, -0.2) is 8.42 Å². The first-order valence-corrected chi connectivity index (χ1v) is 14.3. The van der Waals surface area contributed by atoms with E-state index < -0.39 is 17.3 Å². The summed E-state index contributed by atoms with van der Waals surface area (Å²) in [5.41, 5.74) is 1.74. The molecule has 0 bridgehead atoms. The molecule has 0 N–H and O–H groups in total. The van der Waals surface area contributed by atoms with E-state index in [1.807, 2.05) is 36.4 Å². The van der Waals surface area contributed by atoms with Gasteiger partial charge in [0.15, 0.2) is 0 Å². The minimum Gasteiger partial charge on any atom is -0.273 e. The molecular formula is C27H27NO2PS+. The Hall–Kier alpha value is -2.94. The molecule has 0 heterocycles. The first-order valence-electron chi connectivity index (χ1n) is 10.5. The summed E-state index contributed by atoms with van der Waals surface area (Å²) in [5.74, 6) is 0. The van der Waals surface area contributed by atoms with Crippen molar-refractivity contribution in [2.45, 2.75) is 6.16 Å². The third kappa shape index (κ3) is 4.34. The van der Waals surface area contributed by atoms with Crippen molar-refractivity contribution in [3.8, 4) is 0 Å². The lowest BCUT2D eigenvalue weighted by atomic mass is 10.2. The molecule has 162 valence electrons. The lowest BCUT2D eigenvalue weighted by Crippen LogP contribution is -2.33. The number of hydrogen-bond acceptors (Lipinski definition) is 2. The monoisotopic (exact) mass is 460 g/mol. The lowest BCUT2D eigenvalue weighted by molar-refractivity contribution is 0.600. The highest BCUT2D eigenvalue weighted by Gasteiger charge is 2.46. The Morgan fingerprint density at radius 3 is 1.41 bits per heavy atom. The van der Waals surface area contributed by atoms with Gasteiger partial charge in [-0.15, -0.1) is 0 Å². The summed E-state index contributed by atoms with van der Waals surface area (Å²) in [6.07, 6.45) is 1.97. The second-order valence-electron chi connectivity index (χ2n) is 7.83. The van der Waals surface area contributed by atoms with E-state index in [-0.39, 0.29) is 0 Å². The number of rotatable bonds is 7. The summed E-state index contributed by atoms with van der Waals surface area (Å²) < 4.78 is 26.2. The minimum atomic E-state index is -3.38. The molecule has 4 aromatic rings. The Morgan fingerprint density at radius 1 is 0.625 bits per heavy atom. The standard InChI is InChI=1S/C27H27NO2PS/c1-28(32(2,29)30)27-21-13-12-14-23(27)22-31(24-15-6-3-7-16-24,25-17-8-4-9-18-25)26-19-10-5-11-20-26/h3-21H,22H2,1-2H3/q+1. The predicted octanol–water partition coefficient (Wildman–Crippen LogP) is 4.58. The van der Waals surface area contributed by atoms with E-state index in [0.717, 1.165) is 17.4 Å². The van der Waals surface area contributed by atoms with Gasteiger partial charge in [-0.1, -0.05) is 72.8 Å². The Bertz CT molecular complexity index is 1180. The van der Waals surface area contributed by atoms with Crippen molar-refractivity contribution in [2.75, 3.05) is 17.6 Å². The number of hydrogen-bond donors (Lipinski definition) is 0. The molecule has 0 radical (unpaired) electrons. The molecule has 0 aliphatic rings. The van der Waals surface area contributed by atoms with Gasteiger partial charge in [-0.2, -0.15) is 0 Å². The van der Waals surface area contributed by atoms with Gasteiger partial charge in [-0.05, 0) is 42.5 Å². The quantitative estimate of drug-likeness (QED) is 0.379. The van der Waals surface area contributed by atoms with Crippen LogP contribution in [0.1, 0.15) is 5.56 Å². The number of benzene rings is 4. The van der Waals surface area contributed by atoms with Crippen molar-refractivity contribution in [3.05, 3.63) is 121 Å². The van der Waals surface area contributed by atoms with Crippen molar-refractivity contribution in [1.29, 1.82) is 0 Å². The molecule has 4 rings (SSSR count). The van der Waals surface area contributed by atoms with Crippen LogP contribution >= 0.6 is 7.26 Å². The first kappa shape index (κ1) is 22.3. The molecule has 0 spiro atoms. The fourth-order valence-corrected chi connectivity index (χ4v) is 8.95. The Balaban J connectivity index is 2.01. The van der Waals surface area contributed by atoms with Crippen LogP contribution in [0.15, 0.2) is 115 Å². The molecule has 0 saturated carbocycles. The molecule has 0 fully saturated rings. The molecule has 0 saturated heterocycles. The molecule has 5 heteroatoms. The normalized spacial score (nSPS) is 11.8. The lowest BCUT2D eigenvalue weighted by Gasteiger charge is -2.29. The average molecular weight is 461 g/mol. The van der Waals surface area contributed by atoms with Crippen LogP contribution in [0.3, 0.4) is 0 Å². The van der Waals surface area contributed by atoms with Crippen molar-refractivity contribution < 1.29 is 8.42 Å². The number of sulfonamides is 1. The first-order chi connectivity index (χ1) is 15.4. The van der Waals surface area contributed by atoms with Gasteiger partial charge in [0.1, 0.15) is 29.3 Å². The van der Waals surface area contributed by atoms with Crippen LogP contribution < -0.4 is 20.2 Å². The highest BCUT2D eigenvalue weighted by atomic mass is 32.2. The topological polar surface area (TPSA) is 37.4 Å². The van der Waals surface area contributed by atoms with Crippen LogP contribution in [0, 0.1) is 0 Å². The maximum Gasteiger partial charge on any atom is 0.232 e. The van der Waals surface area contributed by atoms with Crippen molar-refractivity contribution in [3.63, 3.8) is 0 Å². The van der Waals surface area contributed by atoms with Gasteiger partial charge in [0.05, 0.1) is 11.9 Å². The largest absolute Gasteiger partial charge is 0.273 e. The molecular weight excluding hydrogens is 433 g/mol. The van der Waals surface area contributed by atoms with Crippen molar-refractivity contribution >= 4 is 38.9 Å². The van der Waals surface area contributed by atoms with Crippen LogP contribution in [-0.4, -0.2) is 21.7 Å². The van der Waals surface area contributed by atoms with Crippen LogP contribution in [0.2, 0.25) is 0 Å². The average Bonchev–Trinajstić information content (AvgIpc) is 2.83. The maximum atomic E-state index is 12.4. The molecule has 0 atom stereocenters. The fraction of sp³-hybridized carbons (Fsp3) is 0.111. The van der Waals surface area contributed by atoms with Gasteiger partial charge in [0.2, 0.25) is 10.0 Å². The van der Waals surface area contributed by atoms with E-state index in [0.29, 0.717) is 0 Å². The highest BCUT2D eigenvalue weighted by Crippen LogP contribution is 2.58. The van der Waals surface area contributed by atoms with E-state index >= 15 is 0 Å². The Kier molecular flexibility index (Phi) is 6.45. The van der Waals surface area contributed by atoms with Gasteiger partial charge in [0.25, 0.3) is 0 Å². The van der Waals surface area contributed by atoms with Gasteiger partial charge in [0, 0.05) is 12.6 Å². The Labute approximate surface area is 191 Å². The zero-order chi connectivity index (χ0) is 22.6. The van der Waals surface area contributed by atoms with Crippen molar-refractivity contribution in [2.24, 2.45) is 0 Å². The SMILES string of the molecule is CN(c1ccccc1C[P+](c1ccccc1)(c1ccccc1)c1ccccc1)S(C)(=O)=O. The molecule has 0 aromatic heterocycles. The number of para-hydroxylation sites is 1. The summed E-state index contributed by atoms with van der Waals surface area (Å²) >= 11 is 0. The van der Waals surface area contributed by atoms with Gasteiger partial charge in [-0.3, -0.25) is 4.31 Å². The van der Waals surface area contributed by atoms with Crippen LogP contribution in [-0.2, 0) is 16.2 Å². The van der Waals surface area contributed by atoms with Crippen LogP contribution in [0.4, 0.5) is 5.69 Å². The third-order valence-corrected chi connectivity index (χ3v) is 11.4. The highest BCUT2D eigenvalue weighted by molar-refractivity contribution is 7.95. The molecule has 32 heavy (non-hydrogen) atoms. The minimum absolute atomic E-state index is 0.723. The third-order valence-electron chi connectivity index (χ3n) is 5.83. The summed E-state index contributed by atoms with van der Waals surface area (Å²) in [5, 5.41) is 3.82. The second kappa shape index (κ2) is 9.28. The fourth-order valence-electron chi connectivity index (χ4n) is 4.15. The molecule has 0 aliphatic heterocycles. The molecule has 4 aromatic carbocycles. The molecule has 0 amide bonds. The van der Waals surface area contributed by atoms with Gasteiger partial charge >= 0.3 is 0 Å². The Morgan fingerprint density at radius 2 is 1.00 bits per heavy atom. The summed E-state index contributed by atoms with van der Waals surface area (Å²) in [6.45, 7) is 0. The zero-order valence-corrected chi connectivity index (χ0v) is 20.0. The summed E-state index contributed by atoms with van der Waals surface area (Å²) in [6, 6.07) is 39.7. The molecule has 0 unspecified atom stereocenters. The second-order valence-corrected chi connectivity index (χ2v) is 13.3.